The van der Waals surface area contributed by atoms with Crippen molar-refractivity contribution in [3.05, 3.63) is 85.9 Å². The second-order valence-electron chi connectivity index (χ2n) is 6.63. The van der Waals surface area contributed by atoms with Crippen molar-refractivity contribution >= 4 is 51.3 Å². The van der Waals surface area contributed by atoms with E-state index in [4.69, 9.17) is 0 Å². The maximum atomic E-state index is 11.4. The number of hydrogen-bond donors (Lipinski definition) is 1. The molecule has 0 aliphatic heterocycles. The molecule has 0 saturated heterocycles. The molecule has 1 aromatic heterocycles. The van der Waals surface area contributed by atoms with Crippen LogP contribution in [-0.2, 0) is 28.0 Å². The molecule has 1 unspecified atom stereocenters. The fraction of sp³-hybridized carbons (Fsp3) is 0.143. The van der Waals surface area contributed by atoms with Crippen molar-refractivity contribution in [3.8, 4) is 0 Å². The minimum absolute atomic E-state index is 0.0173. The maximum absolute atomic E-state index is 11.4. The third kappa shape index (κ3) is 6.64. The van der Waals surface area contributed by atoms with Crippen molar-refractivity contribution in [3.63, 3.8) is 0 Å². The van der Waals surface area contributed by atoms with Gasteiger partial charge in [0.15, 0.2) is 5.13 Å². The average Bonchev–Trinajstić information content (AvgIpc) is 3.08. The number of amides is 1. The summed E-state index contributed by atoms with van der Waals surface area (Å²) in [5, 5.41) is 14.0. The monoisotopic (exact) mass is 456 g/mol. The SMILES string of the molecule is CC(=O)Nc1nc(/C=C\c2ccc([N+](=O)[O-])cc2)c(Cc2ccc(CS(=O)[O-])cc2)s1. The van der Waals surface area contributed by atoms with Gasteiger partial charge in [0, 0.05) is 36.1 Å². The highest BCUT2D eigenvalue weighted by atomic mass is 32.2. The first-order valence-corrected chi connectivity index (χ1v) is 11.2. The molecule has 1 amide bonds. The molecule has 3 aromatic rings. The Kier molecular flexibility index (Phi) is 7.40. The summed E-state index contributed by atoms with van der Waals surface area (Å²) in [6.07, 6.45) is 4.15. The number of rotatable bonds is 8. The number of anilines is 1. The van der Waals surface area contributed by atoms with Gasteiger partial charge in [-0.2, -0.15) is 0 Å². The van der Waals surface area contributed by atoms with E-state index in [9.17, 15) is 23.7 Å². The van der Waals surface area contributed by atoms with Gasteiger partial charge in [0.1, 0.15) is 0 Å². The van der Waals surface area contributed by atoms with Gasteiger partial charge in [-0.15, -0.1) is 11.3 Å². The Morgan fingerprint density at radius 3 is 2.35 bits per heavy atom. The second kappa shape index (κ2) is 10.2. The Balaban J connectivity index is 1.83. The molecule has 0 radical (unpaired) electrons. The second-order valence-corrected chi connectivity index (χ2v) is 8.61. The third-order valence-electron chi connectivity index (χ3n) is 4.22. The minimum atomic E-state index is -2.14. The summed E-state index contributed by atoms with van der Waals surface area (Å²) in [6, 6.07) is 13.4. The standard InChI is InChI=1S/C21H19N3O5S2/c1-14(25)22-21-23-19(11-8-15-6-9-18(10-7-15)24(26)27)20(30-21)12-16-2-4-17(5-3-16)13-31(28)29/h2-11H,12-13H2,1H3,(H,28,29)(H,22,23,25)/p-1/b11-8-. The van der Waals surface area contributed by atoms with Crippen LogP contribution in [0.3, 0.4) is 0 Å². The lowest BCUT2D eigenvalue weighted by Crippen LogP contribution is -2.04. The topological polar surface area (TPSA) is 125 Å². The normalized spacial score (nSPS) is 12.1. The number of nitrogens with zero attached hydrogens (tertiary/aromatic N) is 2. The summed E-state index contributed by atoms with van der Waals surface area (Å²) in [5.74, 6) is -0.252. The number of nitro benzene ring substituents is 1. The van der Waals surface area contributed by atoms with Crippen LogP contribution < -0.4 is 5.32 Å². The Hall–Kier alpha value is -3.21. The van der Waals surface area contributed by atoms with E-state index in [2.05, 4.69) is 10.3 Å². The number of nitrogens with one attached hydrogen (secondary N) is 1. The third-order valence-corrected chi connectivity index (χ3v) is 5.78. The quantitative estimate of drug-likeness (QED) is 0.308. The van der Waals surface area contributed by atoms with Gasteiger partial charge in [0.25, 0.3) is 5.69 Å². The predicted octanol–water partition coefficient (Wildman–Crippen LogP) is 4.15. The molecule has 3 rings (SSSR count). The molecule has 0 spiro atoms. The van der Waals surface area contributed by atoms with Crippen LogP contribution in [0.25, 0.3) is 12.2 Å². The molecule has 2 aromatic carbocycles. The van der Waals surface area contributed by atoms with Gasteiger partial charge in [0.2, 0.25) is 5.91 Å². The number of thiazole rings is 1. The lowest BCUT2D eigenvalue weighted by Gasteiger charge is -2.06. The van der Waals surface area contributed by atoms with Crippen LogP contribution in [0.4, 0.5) is 10.8 Å². The zero-order chi connectivity index (χ0) is 22.4. The van der Waals surface area contributed by atoms with Gasteiger partial charge < -0.3 is 9.87 Å². The summed E-state index contributed by atoms with van der Waals surface area (Å²) >= 11 is -0.780. The number of aromatic nitrogens is 1. The Morgan fingerprint density at radius 1 is 1.13 bits per heavy atom. The van der Waals surface area contributed by atoms with Gasteiger partial charge in [-0.05, 0) is 34.9 Å². The van der Waals surface area contributed by atoms with Gasteiger partial charge in [-0.3, -0.25) is 19.1 Å². The molecule has 0 aliphatic carbocycles. The molecule has 1 N–H and O–H groups in total. The van der Waals surface area contributed by atoms with Crippen molar-refractivity contribution in [1.82, 2.24) is 4.98 Å². The zero-order valence-corrected chi connectivity index (χ0v) is 18.1. The number of non-ortho nitro benzene ring substituents is 1. The molecule has 8 nitrogen and oxygen atoms in total. The molecule has 1 heterocycles. The number of nitro groups is 1. The smallest absolute Gasteiger partial charge is 0.269 e. The first kappa shape index (κ1) is 22.5. The van der Waals surface area contributed by atoms with Crippen LogP contribution in [0.15, 0.2) is 48.5 Å². The van der Waals surface area contributed by atoms with Crippen LogP contribution in [0.1, 0.15) is 34.2 Å². The molecular formula is C21H18N3O5S2-. The van der Waals surface area contributed by atoms with E-state index < -0.39 is 16.0 Å². The summed E-state index contributed by atoms with van der Waals surface area (Å²) in [6.45, 7) is 1.41. The van der Waals surface area contributed by atoms with Crippen molar-refractivity contribution in [2.24, 2.45) is 0 Å². The minimum Gasteiger partial charge on any atom is -0.772 e. The fourth-order valence-electron chi connectivity index (χ4n) is 2.78. The van der Waals surface area contributed by atoms with Gasteiger partial charge in [0.05, 0.1) is 10.6 Å². The number of carbonyl (C=O) groups excluding carboxylic acids is 1. The van der Waals surface area contributed by atoms with Gasteiger partial charge in [-0.25, -0.2) is 4.98 Å². The van der Waals surface area contributed by atoms with Gasteiger partial charge >= 0.3 is 0 Å². The van der Waals surface area contributed by atoms with Crippen molar-refractivity contribution in [2.75, 3.05) is 5.32 Å². The molecule has 0 fully saturated rings. The van der Waals surface area contributed by atoms with E-state index >= 15 is 0 Å². The summed E-state index contributed by atoms with van der Waals surface area (Å²) in [4.78, 5) is 27.1. The Bertz CT molecular complexity index is 1140. The average molecular weight is 457 g/mol. The molecule has 31 heavy (non-hydrogen) atoms. The van der Waals surface area contributed by atoms with E-state index in [1.165, 1.54) is 30.4 Å². The molecule has 10 heteroatoms. The molecule has 1 atom stereocenters. The van der Waals surface area contributed by atoms with Crippen molar-refractivity contribution < 1.29 is 18.5 Å². The van der Waals surface area contributed by atoms with Crippen LogP contribution in [-0.4, -0.2) is 24.6 Å². The molecule has 0 bridgehead atoms. The lowest BCUT2D eigenvalue weighted by atomic mass is 10.1. The summed E-state index contributed by atoms with van der Waals surface area (Å²) in [5.41, 5.74) is 3.16. The number of benzene rings is 2. The van der Waals surface area contributed by atoms with Crippen molar-refractivity contribution in [1.29, 1.82) is 0 Å². The Labute approximate surface area is 185 Å². The first-order chi connectivity index (χ1) is 14.8. The Morgan fingerprint density at radius 2 is 1.77 bits per heavy atom. The van der Waals surface area contributed by atoms with Crippen LogP contribution in [0.2, 0.25) is 0 Å². The summed E-state index contributed by atoms with van der Waals surface area (Å²) < 4.78 is 21.7. The van der Waals surface area contributed by atoms with E-state index in [0.29, 0.717) is 22.8 Å². The highest BCUT2D eigenvalue weighted by molar-refractivity contribution is 7.78. The number of hydrogen-bond acceptors (Lipinski definition) is 7. The predicted molar refractivity (Wildman–Crippen MR) is 120 cm³/mol. The van der Waals surface area contributed by atoms with Crippen LogP contribution in [0, 0.1) is 10.1 Å². The lowest BCUT2D eigenvalue weighted by molar-refractivity contribution is -0.384. The maximum Gasteiger partial charge on any atom is 0.269 e. The molecule has 0 aliphatic rings. The van der Waals surface area contributed by atoms with E-state index in [1.54, 1.807) is 36.4 Å². The van der Waals surface area contributed by atoms with E-state index in [-0.39, 0.29) is 17.3 Å². The zero-order valence-electron chi connectivity index (χ0n) is 16.4. The molecule has 160 valence electrons. The fourth-order valence-corrected chi connectivity index (χ4v) is 4.28. The van der Waals surface area contributed by atoms with E-state index in [0.717, 1.165) is 16.0 Å². The number of carbonyl (C=O) groups is 1. The van der Waals surface area contributed by atoms with Gasteiger partial charge in [-0.1, -0.05) is 41.4 Å². The van der Waals surface area contributed by atoms with Crippen LogP contribution >= 0.6 is 11.3 Å². The van der Waals surface area contributed by atoms with Crippen molar-refractivity contribution in [2.45, 2.75) is 19.1 Å². The highest BCUT2D eigenvalue weighted by Crippen LogP contribution is 2.28. The van der Waals surface area contributed by atoms with E-state index in [1.807, 2.05) is 12.1 Å². The molecular weight excluding hydrogens is 438 g/mol. The molecule has 0 saturated carbocycles. The highest BCUT2D eigenvalue weighted by Gasteiger charge is 2.11. The first-order valence-electron chi connectivity index (χ1n) is 9.13. The summed E-state index contributed by atoms with van der Waals surface area (Å²) in [7, 11) is 0. The largest absolute Gasteiger partial charge is 0.772 e. The van der Waals surface area contributed by atoms with Crippen LogP contribution in [0.5, 0.6) is 0 Å².